The molecule has 0 aliphatic carbocycles. The molecule has 0 atom stereocenters. The number of ether oxygens (including phenoxy) is 1. The van der Waals surface area contributed by atoms with Crippen molar-refractivity contribution >= 4 is 11.9 Å². The number of rotatable bonds is 18. The summed E-state index contributed by atoms with van der Waals surface area (Å²) in [7, 11) is 1.45. The topological polar surface area (TPSA) is 63.6 Å². The molecule has 0 heterocycles. The molecule has 0 aliphatic rings. The second-order valence-electron chi connectivity index (χ2n) is 7.34. The van der Waals surface area contributed by atoms with Crippen molar-refractivity contribution in [3.63, 3.8) is 0 Å². The highest BCUT2D eigenvalue weighted by molar-refractivity contribution is 5.69. The van der Waals surface area contributed by atoms with Crippen LogP contribution in [0.3, 0.4) is 0 Å². The van der Waals surface area contributed by atoms with E-state index in [-0.39, 0.29) is 5.97 Å². The smallest absolute Gasteiger partial charge is 0.305 e. The predicted octanol–water partition coefficient (Wildman–Crippen LogP) is 7.62. The molecule has 0 rings (SSSR count). The number of methoxy groups -OCH3 is 1. The highest BCUT2D eigenvalue weighted by Crippen LogP contribution is 2.08. The van der Waals surface area contributed by atoms with Gasteiger partial charge in [-0.1, -0.05) is 76.7 Å². The van der Waals surface area contributed by atoms with Crippen LogP contribution >= 0.6 is 0 Å². The van der Waals surface area contributed by atoms with Crippen molar-refractivity contribution < 1.29 is 19.4 Å². The fourth-order valence-electron chi connectivity index (χ4n) is 2.80. The standard InChI is InChI=1S/C13H24O2.C12H22O2/c1-3-4-5-6-7-8-9-10-11-12-13(14)15-2;1-2-3-4-5-6-7-8-9-10-11-12(13)14/h4-5H,3,6-12H2,1-2H3;3-4H,2,5-11H2,1H3,(H,13,14)/b5-4+;4-3+. The second-order valence-corrected chi connectivity index (χ2v) is 7.34. The van der Waals surface area contributed by atoms with Gasteiger partial charge in [0.2, 0.25) is 0 Å². The van der Waals surface area contributed by atoms with Gasteiger partial charge < -0.3 is 9.84 Å². The lowest BCUT2D eigenvalue weighted by Crippen LogP contribution is -1.98. The Labute approximate surface area is 179 Å². The number of aliphatic carboxylic acids is 1. The van der Waals surface area contributed by atoms with E-state index >= 15 is 0 Å². The summed E-state index contributed by atoms with van der Waals surface area (Å²) in [6.07, 6.45) is 25.9. The van der Waals surface area contributed by atoms with Gasteiger partial charge in [-0.25, -0.2) is 0 Å². The molecule has 4 heteroatoms. The average molecular weight is 411 g/mol. The van der Waals surface area contributed by atoms with Crippen LogP contribution in [0.4, 0.5) is 0 Å². The molecule has 0 aliphatic heterocycles. The first kappa shape index (κ1) is 29.6. The normalized spacial score (nSPS) is 10.9. The van der Waals surface area contributed by atoms with Gasteiger partial charge in [0.25, 0.3) is 0 Å². The second kappa shape index (κ2) is 26.4. The molecule has 0 spiro atoms. The summed E-state index contributed by atoms with van der Waals surface area (Å²) in [5.74, 6) is -0.753. The third-order valence-corrected chi connectivity index (χ3v) is 4.55. The number of unbranched alkanes of at least 4 members (excludes halogenated alkanes) is 10. The molecule has 0 amide bonds. The molecular formula is C25H46O4. The summed E-state index contributed by atoms with van der Waals surface area (Å²) >= 11 is 0. The Bertz CT molecular complexity index is 413. The summed E-state index contributed by atoms with van der Waals surface area (Å²) in [6, 6.07) is 0. The lowest BCUT2D eigenvalue weighted by Gasteiger charge is -1.99. The summed E-state index contributed by atoms with van der Waals surface area (Å²) in [5.41, 5.74) is 0. The first-order valence-electron chi connectivity index (χ1n) is 11.7. The summed E-state index contributed by atoms with van der Waals surface area (Å²) in [5, 5.41) is 8.40. The Morgan fingerprint density at radius 2 is 1.07 bits per heavy atom. The summed E-state index contributed by atoms with van der Waals surface area (Å²) in [4.78, 5) is 21.0. The van der Waals surface area contributed by atoms with Crippen LogP contribution in [0.1, 0.15) is 117 Å². The zero-order valence-electron chi connectivity index (χ0n) is 19.3. The number of hydrogen-bond donors (Lipinski definition) is 1. The first-order chi connectivity index (χ1) is 14.1. The third kappa shape index (κ3) is 31.3. The molecule has 170 valence electrons. The lowest BCUT2D eigenvalue weighted by atomic mass is 10.1. The first-order valence-corrected chi connectivity index (χ1v) is 11.7. The van der Waals surface area contributed by atoms with Crippen molar-refractivity contribution in [3.8, 4) is 0 Å². The maximum absolute atomic E-state index is 10.8. The quantitative estimate of drug-likeness (QED) is 0.143. The molecule has 1 N–H and O–H groups in total. The van der Waals surface area contributed by atoms with Crippen molar-refractivity contribution in [2.24, 2.45) is 0 Å². The molecule has 0 radical (unpaired) electrons. The largest absolute Gasteiger partial charge is 0.481 e. The number of carboxylic acid groups (broad SMARTS) is 1. The molecule has 0 aromatic heterocycles. The summed E-state index contributed by atoms with van der Waals surface area (Å²) in [6.45, 7) is 4.30. The number of esters is 1. The molecule has 0 saturated heterocycles. The number of hydrogen-bond acceptors (Lipinski definition) is 3. The Morgan fingerprint density at radius 3 is 1.48 bits per heavy atom. The van der Waals surface area contributed by atoms with E-state index in [2.05, 4.69) is 42.9 Å². The Balaban J connectivity index is 0. The fourth-order valence-corrected chi connectivity index (χ4v) is 2.80. The van der Waals surface area contributed by atoms with E-state index in [1.807, 2.05) is 0 Å². The minimum Gasteiger partial charge on any atom is -0.481 e. The van der Waals surface area contributed by atoms with Crippen molar-refractivity contribution in [3.05, 3.63) is 24.3 Å². The fraction of sp³-hybridized carbons (Fsp3) is 0.760. The Morgan fingerprint density at radius 1 is 0.655 bits per heavy atom. The van der Waals surface area contributed by atoms with Crippen molar-refractivity contribution in [2.75, 3.05) is 7.11 Å². The Hall–Kier alpha value is -1.58. The highest BCUT2D eigenvalue weighted by atomic mass is 16.5. The van der Waals surface area contributed by atoms with Crippen LogP contribution in [0, 0.1) is 0 Å². The maximum atomic E-state index is 10.8. The van der Waals surface area contributed by atoms with Gasteiger partial charge in [0, 0.05) is 12.8 Å². The van der Waals surface area contributed by atoms with E-state index in [9.17, 15) is 9.59 Å². The minimum atomic E-state index is -0.670. The summed E-state index contributed by atoms with van der Waals surface area (Å²) < 4.78 is 4.57. The van der Waals surface area contributed by atoms with Crippen LogP contribution < -0.4 is 0 Å². The van der Waals surface area contributed by atoms with E-state index in [4.69, 9.17) is 5.11 Å². The SMILES string of the molecule is CC/C=C/CCCCCCCC(=O)O.CC/C=C/CCCCCCCC(=O)OC. The zero-order chi connectivity index (χ0) is 22.0. The lowest BCUT2D eigenvalue weighted by molar-refractivity contribution is -0.141. The van der Waals surface area contributed by atoms with E-state index in [0.717, 1.165) is 38.5 Å². The van der Waals surface area contributed by atoms with Crippen LogP contribution in [0.25, 0.3) is 0 Å². The number of allylic oxidation sites excluding steroid dienone is 4. The molecule has 0 aromatic carbocycles. The van der Waals surface area contributed by atoms with Crippen LogP contribution in [0.15, 0.2) is 24.3 Å². The zero-order valence-corrected chi connectivity index (χ0v) is 19.3. The molecule has 29 heavy (non-hydrogen) atoms. The van der Waals surface area contributed by atoms with Crippen LogP contribution in [0.5, 0.6) is 0 Å². The third-order valence-electron chi connectivity index (χ3n) is 4.55. The number of carbonyl (C=O) groups is 2. The molecule has 0 aromatic rings. The molecular weight excluding hydrogens is 364 g/mol. The molecule has 4 nitrogen and oxygen atoms in total. The maximum Gasteiger partial charge on any atom is 0.305 e. The molecule has 0 saturated carbocycles. The monoisotopic (exact) mass is 410 g/mol. The van der Waals surface area contributed by atoms with Crippen molar-refractivity contribution in [1.29, 1.82) is 0 Å². The van der Waals surface area contributed by atoms with E-state index in [1.165, 1.54) is 58.5 Å². The van der Waals surface area contributed by atoms with E-state index in [1.54, 1.807) is 0 Å². The molecule has 0 fully saturated rings. The van der Waals surface area contributed by atoms with Gasteiger partial charge in [0.05, 0.1) is 7.11 Å². The van der Waals surface area contributed by atoms with E-state index in [0.29, 0.717) is 12.8 Å². The number of carbonyl (C=O) groups excluding carboxylic acids is 1. The predicted molar refractivity (Wildman–Crippen MR) is 123 cm³/mol. The Kier molecular flexibility index (Phi) is 27.0. The van der Waals surface area contributed by atoms with Crippen LogP contribution in [0.2, 0.25) is 0 Å². The van der Waals surface area contributed by atoms with Gasteiger partial charge in [-0.3, -0.25) is 9.59 Å². The average Bonchev–Trinajstić information content (AvgIpc) is 2.71. The minimum absolute atomic E-state index is 0.0825. The van der Waals surface area contributed by atoms with Crippen LogP contribution in [-0.2, 0) is 14.3 Å². The van der Waals surface area contributed by atoms with Gasteiger partial charge in [0.15, 0.2) is 0 Å². The number of carboxylic acids is 1. The molecule has 0 bridgehead atoms. The highest BCUT2D eigenvalue weighted by Gasteiger charge is 1.98. The van der Waals surface area contributed by atoms with E-state index < -0.39 is 5.97 Å². The molecule has 0 unspecified atom stereocenters. The van der Waals surface area contributed by atoms with Gasteiger partial charge in [-0.15, -0.1) is 0 Å². The van der Waals surface area contributed by atoms with Gasteiger partial charge in [0.1, 0.15) is 0 Å². The van der Waals surface area contributed by atoms with Gasteiger partial charge >= 0.3 is 11.9 Å². The van der Waals surface area contributed by atoms with Crippen molar-refractivity contribution in [1.82, 2.24) is 0 Å². The van der Waals surface area contributed by atoms with Gasteiger partial charge in [-0.05, 0) is 51.4 Å². The van der Waals surface area contributed by atoms with Crippen molar-refractivity contribution in [2.45, 2.75) is 117 Å². The van der Waals surface area contributed by atoms with Gasteiger partial charge in [-0.2, -0.15) is 0 Å². The van der Waals surface area contributed by atoms with Crippen LogP contribution in [-0.4, -0.2) is 24.2 Å².